The Labute approximate surface area is 186 Å². The third-order valence-corrected chi connectivity index (χ3v) is 7.55. The molecule has 0 radical (unpaired) electrons. The van der Waals surface area contributed by atoms with E-state index in [1.807, 2.05) is 23.6 Å². The molecular weight excluding hydrogens is 442 g/mol. The van der Waals surface area contributed by atoms with Gasteiger partial charge in [0.2, 0.25) is 10.0 Å². The fraction of sp³-hybridized carbons (Fsp3) is 0.600. The van der Waals surface area contributed by atoms with Crippen molar-refractivity contribution in [1.29, 1.82) is 0 Å². The van der Waals surface area contributed by atoms with Crippen LogP contribution in [0.4, 0.5) is 0 Å². The van der Waals surface area contributed by atoms with Crippen LogP contribution in [0.25, 0.3) is 10.2 Å². The van der Waals surface area contributed by atoms with E-state index in [1.54, 1.807) is 14.2 Å². The average molecular weight is 472 g/mol. The second kappa shape index (κ2) is 10.1. The van der Waals surface area contributed by atoms with Crippen LogP contribution >= 0.6 is 11.3 Å². The number of hydrogen-bond donors (Lipinski definition) is 0. The van der Waals surface area contributed by atoms with Gasteiger partial charge in [-0.1, -0.05) is 17.8 Å². The van der Waals surface area contributed by atoms with Gasteiger partial charge < -0.3 is 18.8 Å². The lowest BCUT2D eigenvalue weighted by Gasteiger charge is -2.31. The van der Waals surface area contributed by atoms with Crippen LogP contribution in [0.3, 0.4) is 0 Å². The summed E-state index contributed by atoms with van der Waals surface area (Å²) < 4.78 is 44.7. The van der Waals surface area contributed by atoms with Gasteiger partial charge in [-0.15, -0.1) is 0 Å². The lowest BCUT2D eigenvalue weighted by Crippen LogP contribution is -2.47. The number of fused-ring (bicyclic) bond motifs is 1. The molecular formula is C20H29N3O6S2. The van der Waals surface area contributed by atoms with E-state index in [0.29, 0.717) is 49.0 Å². The van der Waals surface area contributed by atoms with Crippen molar-refractivity contribution in [3.05, 3.63) is 16.9 Å². The molecule has 9 nitrogen and oxygen atoms in total. The number of methoxy groups -OCH3 is 2. The van der Waals surface area contributed by atoms with Crippen LogP contribution in [0.1, 0.15) is 26.2 Å². The first kappa shape index (κ1) is 23.7. The maximum absolute atomic E-state index is 13.1. The number of piperidine rings is 1. The number of aromatic nitrogens is 1. The van der Waals surface area contributed by atoms with Gasteiger partial charge in [-0.25, -0.2) is 8.42 Å². The monoisotopic (exact) mass is 471 g/mol. The van der Waals surface area contributed by atoms with Crippen LogP contribution in [0.2, 0.25) is 0 Å². The summed E-state index contributed by atoms with van der Waals surface area (Å²) in [5.41, 5.74) is 0.845. The van der Waals surface area contributed by atoms with Crippen LogP contribution in [-0.2, 0) is 26.1 Å². The summed E-state index contributed by atoms with van der Waals surface area (Å²) in [5, 5.41) is 0. The first-order valence-electron chi connectivity index (χ1n) is 10.2. The van der Waals surface area contributed by atoms with E-state index < -0.39 is 22.0 Å². The highest BCUT2D eigenvalue weighted by molar-refractivity contribution is 7.88. The average Bonchev–Trinajstić information content (AvgIpc) is 3.08. The maximum atomic E-state index is 13.1. The van der Waals surface area contributed by atoms with E-state index in [4.69, 9.17) is 14.2 Å². The fourth-order valence-corrected chi connectivity index (χ4v) is 5.91. The quantitative estimate of drug-likeness (QED) is 0.546. The van der Waals surface area contributed by atoms with Crippen molar-refractivity contribution in [2.45, 2.75) is 38.8 Å². The number of thiazole rings is 1. The Balaban J connectivity index is 2.09. The summed E-state index contributed by atoms with van der Waals surface area (Å²) in [6.45, 7) is 3.79. The summed E-state index contributed by atoms with van der Waals surface area (Å²) >= 11 is 1.35. The van der Waals surface area contributed by atoms with Gasteiger partial charge in [-0.2, -0.15) is 9.30 Å². The molecule has 1 saturated heterocycles. The zero-order valence-electron chi connectivity index (χ0n) is 18.3. The zero-order valence-corrected chi connectivity index (χ0v) is 19.9. The molecule has 1 atom stereocenters. The molecule has 3 rings (SSSR count). The topological polar surface area (TPSA) is 99.4 Å². The number of sulfonamides is 1. The molecule has 11 heteroatoms. The Hall–Kier alpha value is -1.95. The largest absolute Gasteiger partial charge is 0.493 e. The molecule has 1 aliphatic rings. The highest BCUT2D eigenvalue weighted by atomic mass is 32.2. The van der Waals surface area contributed by atoms with Crippen molar-refractivity contribution in [2.75, 3.05) is 40.2 Å². The van der Waals surface area contributed by atoms with Gasteiger partial charge in [0.05, 0.1) is 37.3 Å². The van der Waals surface area contributed by atoms with E-state index >= 15 is 0 Å². The molecule has 0 saturated carbocycles. The number of carbonyl (C=O) groups excluding carboxylic acids is 1. The van der Waals surface area contributed by atoms with E-state index in [2.05, 4.69) is 4.99 Å². The van der Waals surface area contributed by atoms with Gasteiger partial charge in [0, 0.05) is 31.8 Å². The highest BCUT2D eigenvalue weighted by Gasteiger charge is 2.34. The molecule has 0 bridgehead atoms. The summed E-state index contributed by atoms with van der Waals surface area (Å²) in [6, 6.07) is 2.94. The SMILES string of the molecule is CCOCCn1c(=NC(=O)C2CCCCN2S(C)(=O)=O)sc2cc(OC)c(OC)cc21. The number of hydrogen-bond acceptors (Lipinski definition) is 7. The normalized spacial score (nSPS) is 18.5. The fourth-order valence-electron chi connectivity index (χ4n) is 3.72. The molecule has 1 amide bonds. The van der Waals surface area contributed by atoms with E-state index in [1.165, 1.54) is 15.6 Å². The number of rotatable bonds is 8. The summed E-state index contributed by atoms with van der Waals surface area (Å²) in [7, 11) is -0.351. The number of benzene rings is 1. The second-order valence-electron chi connectivity index (χ2n) is 7.24. The first-order chi connectivity index (χ1) is 14.8. The lowest BCUT2D eigenvalue weighted by atomic mass is 10.0. The van der Waals surface area contributed by atoms with Gasteiger partial charge in [-0.05, 0) is 19.8 Å². The van der Waals surface area contributed by atoms with Crippen LogP contribution in [0, 0.1) is 0 Å². The van der Waals surface area contributed by atoms with Crippen LogP contribution < -0.4 is 14.3 Å². The Morgan fingerprint density at radius 3 is 2.58 bits per heavy atom. The van der Waals surface area contributed by atoms with Crippen molar-refractivity contribution >= 4 is 37.5 Å². The number of amides is 1. The van der Waals surface area contributed by atoms with Gasteiger partial charge in [0.1, 0.15) is 6.04 Å². The Bertz CT molecular complexity index is 1110. The van der Waals surface area contributed by atoms with Gasteiger partial charge >= 0.3 is 0 Å². The van der Waals surface area contributed by atoms with Crippen molar-refractivity contribution < 1.29 is 27.4 Å². The van der Waals surface area contributed by atoms with Crippen LogP contribution in [0.15, 0.2) is 17.1 Å². The van der Waals surface area contributed by atoms with E-state index in [-0.39, 0.29) is 0 Å². The zero-order chi connectivity index (χ0) is 22.6. The van der Waals surface area contributed by atoms with Gasteiger partial charge in [0.15, 0.2) is 16.3 Å². The molecule has 0 N–H and O–H groups in total. The van der Waals surface area contributed by atoms with Crippen molar-refractivity contribution in [1.82, 2.24) is 8.87 Å². The van der Waals surface area contributed by atoms with Gasteiger partial charge in [-0.3, -0.25) is 4.79 Å². The molecule has 1 aromatic carbocycles. The predicted octanol–water partition coefficient (Wildman–Crippen LogP) is 2.00. The number of carbonyl (C=O) groups is 1. The Morgan fingerprint density at radius 2 is 1.94 bits per heavy atom. The van der Waals surface area contributed by atoms with Crippen molar-refractivity contribution in [3.8, 4) is 11.5 Å². The van der Waals surface area contributed by atoms with E-state index in [9.17, 15) is 13.2 Å². The predicted molar refractivity (Wildman–Crippen MR) is 119 cm³/mol. The summed E-state index contributed by atoms with van der Waals surface area (Å²) in [5.74, 6) is 0.716. The molecule has 1 aliphatic heterocycles. The molecule has 2 aromatic rings. The van der Waals surface area contributed by atoms with Crippen LogP contribution in [0.5, 0.6) is 11.5 Å². The summed E-state index contributed by atoms with van der Waals surface area (Å²) in [6.07, 6.45) is 3.15. The third-order valence-electron chi connectivity index (χ3n) is 5.22. The van der Waals surface area contributed by atoms with E-state index in [0.717, 1.165) is 29.3 Å². The van der Waals surface area contributed by atoms with Gasteiger partial charge in [0.25, 0.3) is 5.91 Å². The smallest absolute Gasteiger partial charge is 0.266 e. The van der Waals surface area contributed by atoms with Crippen molar-refractivity contribution in [3.63, 3.8) is 0 Å². The molecule has 1 unspecified atom stereocenters. The Kier molecular flexibility index (Phi) is 7.73. The summed E-state index contributed by atoms with van der Waals surface area (Å²) in [4.78, 5) is 17.9. The highest BCUT2D eigenvalue weighted by Crippen LogP contribution is 2.33. The minimum absolute atomic E-state index is 0.343. The first-order valence-corrected chi connectivity index (χ1v) is 12.8. The molecule has 0 aliphatic carbocycles. The van der Waals surface area contributed by atoms with Crippen molar-refractivity contribution in [2.24, 2.45) is 4.99 Å². The molecule has 2 heterocycles. The molecule has 1 fully saturated rings. The molecule has 172 valence electrons. The minimum atomic E-state index is -3.49. The third kappa shape index (κ3) is 5.28. The number of ether oxygens (including phenoxy) is 3. The molecule has 31 heavy (non-hydrogen) atoms. The Morgan fingerprint density at radius 1 is 1.23 bits per heavy atom. The maximum Gasteiger partial charge on any atom is 0.266 e. The minimum Gasteiger partial charge on any atom is -0.493 e. The van der Waals surface area contributed by atoms with Crippen LogP contribution in [-0.4, -0.2) is 69.5 Å². The second-order valence-corrected chi connectivity index (χ2v) is 10.2. The molecule has 1 aromatic heterocycles. The molecule has 0 spiro atoms. The number of nitrogens with zero attached hydrogens (tertiary/aromatic N) is 3. The standard InChI is InChI=1S/C20H29N3O6S2/c1-5-29-11-10-22-15-12-16(27-2)17(28-3)13-18(15)30-20(22)21-19(24)14-8-6-7-9-23(14)31(4,25)26/h12-14H,5-11H2,1-4H3. The lowest BCUT2D eigenvalue weighted by molar-refractivity contribution is -0.122.